The van der Waals surface area contributed by atoms with Crippen molar-refractivity contribution in [2.45, 2.75) is 5.33 Å². The molecule has 2 aromatic carbocycles. The molecule has 0 unspecified atom stereocenters. The summed E-state index contributed by atoms with van der Waals surface area (Å²) in [5, 5.41) is 0.784. The van der Waals surface area contributed by atoms with E-state index >= 15 is 0 Å². The molecule has 0 saturated heterocycles. The van der Waals surface area contributed by atoms with Crippen LogP contribution in [0.25, 0.3) is 11.1 Å². The van der Waals surface area contributed by atoms with Crippen LogP contribution in [0.15, 0.2) is 48.5 Å². The zero-order valence-electron chi connectivity index (χ0n) is 9.45. The van der Waals surface area contributed by atoms with Gasteiger partial charge in [-0.25, -0.2) is 0 Å². The van der Waals surface area contributed by atoms with Crippen molar-refractivity contribution in [2.75, 3.05) is 0 Å². The van der Waals surface area contributed by atoms with Gasteiger partial charge in [0.15, 0.2) is 0 Å². The van der Waals surface area contributed by atoms with Crippen molar-refractivity contribution in [1.29, 1.82) is 0 Å². The Morgan fingerprint density at radius 1 is 1.00 bits per heavy atom. The molecule has 2 rings (SSSR count). The second-order valence-electron chi connectivity index (χ2n) is 3.88. The molecule has 0 heterocycles. The largest absolute Gasteiger partial charge is 0.356 e. The van der Waals surface area contributed by atoms with Crippen molar-refractivity contribution < 1.29 is 14.4 Å². The SMILES string of the molecule is O=P(O)(O)c1ccc(-c2ccccc2CBr)cc1. The molecule has 5 heteroatoms. The summed E-state index contributed by atoms with van der Waals surface area (Å²) < 4.78 is 11.1. The minimum atomic E-state index is -4.16. The van der Waals surface area contributed by atoms with Crippen LogP contribution in [0.4, 0.5) is 0 Å². The lowest BCUT2D eigenvalue weighted by molar-refractivity contribution is 0.387. The molecule has 0 aliphatic heterocycles. The van der Waals surface area contributed by atoms with E-state index in [1.165, 1.54) is 12.1 Å². The molecule has 3 nitrogen and oxygen atoms in total. The van der Waals surface area contributed by atoms with Gasteiger partial charge in [0, 0.05) is 5.33 Å². The maximum atomic E-state index is 11.1. The van der Waals surface area contributed by atoms with Crippen LogP contribution in [0.1, 0.15) is 5.56 Å². The summed E-state index contributed by atoms with van der Waals surface area (Å²) in [6, 6.07) is 14.3. The van der Waals surface area contributed by atoms with E-state index in [2.05, 4.69) is 15.9 Å². The summed E-state index contributed by atoms with van der Waals surface area (Å²) in [5.74, 6) is 0. The first-order valence-corrected chi connectivity index (χ1v) is 8.06. The van der Waals surface area contributed by atoms with Crippen LogP contribution in [0.3, 0.4) is 0 Å². The highest BCUT2D eigenvalue weighted by Crippen LogP contribution is 2.34. The van der Waals surface area contributed by atoms with Gasteiger partial charge in [-0.2, -0.15) is 0 Å². The van der Waals surface area contributed by atoms with E-state index in [1.807, 2.05) is 24.3 Å². The van der Waals surface area contributed by atoms with Gasteiger partial charge < -0.3 is 9.79 Å². The maximum absolute atomic E-state index is 11.1. The Bertz CT molecular complexity index is 589. The lowest BCUT2D eigenvalue weighted by Gasteiger charge is -2.09. The van der Waals surface area contributed by atoms with E-state index in [-0.39, 0.29) is 5.30 Å². The maximum Gasteiger partial charge on any atom is 0.356 e. The van der Waals surface area contributed by atoms with Crippen LogP contribution in [0.5, 0.6) is 0 Å². The van der Waals surface area contributed by atoms with Crippen LogP contribution >= 0.6 is 23.5 Å². The average Bonchev–Trinajstić information content (AvgIpc) is 2.38. The van der Waals surface area contributed by atoms with E-state index in [0.29, 0.717) is 0 Å². The molecule has 0 atom stereocenters. The zero-order valence-corrected chi connectivity index (χ0v) is 11.9. The van der Waals surface area contributed by atoms with E-state index < -0.39 is 7.60 Å². The highest BCUT2D eigenvalue weighted by atomic mass is 79.9. The molecule has 0 aliphatic rings. The van der Waals surface area contributed by atoms with Crippen molar-refractivity contribution in [3.63, 3.8) is 0 Å². The van der Waals surface area contributed by atoms with Crippen molar-refractivity contribution in [3.8, 4) is 11.1 Å². The fourth-order valence-electron chi connectivity index (χ4n) is 1.75. The molecule has 0 fully saturated rings. The fraction of sp³-hybridized carbons (Fsp3) is 0.0769. The number of hydrogen-bond donors (Lipinski definition) is 2. The molecule has 2 aromatic rings. The molecule has 18 heavy (non-hydrogen) atoms. The summed E-state index contributed by atoms with van der Waals surface area (Å²) in [6.45, 7) is 0. The molecule has 94 valence electrons. The lowest BCUT2D eigenvalue weighted by Crippen LogP contribution is -2.02. The Kier molecular flexibility index (Phi) is 4.03. The smallest absolute Gasteiger partial charge is 0.321 e. The Hall–Kier alpha value is -0.930. The van der Waals surface area contributed by atoms with Gasteiger partial charge in [0.05, 0.1) is 5.30 Å². The molecule has 0 aliphatic carbocycles. The number of alkyl halides is 1. The van der Waals surface area contributed by atoms with Crippen LogP contribution in [0, 0.1) is 0 Å². The Morgan fingerprint density at radius 2 is 1.61 bits per heavy atom. The van der Waals surface area contributed by atoms with Gasteiger partial charge >= 0.3 is 7.60 Å². The van der Waals surface area contributed by atoms with Crippen LogP contribution in [-0.4, -0.2) is 9.79 Å². The first-order valence-electron chi connectivity index (χ1n) is 5.33. The molecule has 2 N–H and O–H groups in total. The normalized spacial score (nSPS) is 11.5. The molecular formula is C13H12BrO3P. The third kappa shape index (κ3) is 2.90. The second kappa shape index (κ2) is 5.37. The molecular weight excluding hydrogens is 315 g/mol. The van der Waals surface area contributed by atoms with Crippen molar-refractivity contribution in [2.24, 2.45) is 0 Å². The molecule has 0 spiro atoms. The van der Waals surface area contributed by atoms with E-state index in [4.69, 9.17) is 9.79 Å². The number of benzene rings is 2. The minimum absolute atomic E-state index is 0.0440. The van der Waals surface area contributed by atoms with Gasteiger partial charge in [0.1, 0.15) is 0 Å². The molecule has 0 radical (unpaired) electrons. The zero-order chi connectivity index (χ0) is 13.2. The molecule has 0 bridgehead atoms. The second-order valence-corrected chi connectivity index (χ2v) is 6.05. The molecule has 0 aromatic heterocycles. The first kappa shape index (κ1) is 13.5. The summed E-state index contributed by atoms with van der Waals surface area (Å²) >= 11 is 3.43. The fourth-order valence-corrected chi connectivity index (χ4v) is 2.78. The minimum Gasteiger partial charge on any atom is -0.321 e. The predicted molar refractivity (Wildman–Crippen MR) is 76.2 cm³/mol. The quantitative estimate of drug-likeness (QED) is 0.673. The number of rotatable bonds is 3. The summed E-state index contributed by atoms with van der Waals surface area (Å²) in [7, 11) is -4.16. The Morgan fingerprint density at radius 3 is 2.17 bits per heavy atom. The Balaban J connectivity index is 2.44. The van der Waals surface area contributed by atoms with Crippen LogP contribution in [-0.2, 0) is 9.90 Å². The summed E-state index contributed by atoms with van der Waals surface area (Å²) in [4.78, 5) is 18.1. The summed E-state index contributed by atoms with van der Waals surface area (Å²) in [6.07, 6.45) is 0. The average molecular weight is 327 g/mol. The highest BCUT2D eigenvalue weighted by Gasteiger charge is 2.16. The molecule has 0 amide bonds. The predicted octanol–water partition coefficient (Wildman–Crippen LogP) is 3.05. The van der Waals surface area contributed by atoms with Gasteiger partial charge in [-0.1, -0.05) is 52.3 Å². The van der Waals surface area contributed by atoms with Crippen molar-refractivity contribution >= 4 is 28.8 Å². The van der Waals surface area contributed by atoms with E-state index in [1.54, 1.807) is 12.1 Å². The lowest BCUT2D eigenvalue weighted by atomic mass is 10.0. The summed E-state index contributed by atoms with van der Waals surface area (Å²) in [5.41, 5.74) is 3.15. The van der Waals surface area contributed by atoms with E-state index in [9.17, 15) is 4.57 Å². The van der Waals surface area contributed by atoms with Gasteiger partial charge in [-0.05, 0) is 28.8 Å². The van der Waals surface area contributed by atoms with Gasteiger partial charge in [-0.3, -0.25) is 4.57 Å². The van der Waals surface area contributed by atoms with E-state index in [0.717, 1.165) is 22.0 Å². The van der Waals surface area contributed by atoms with Crippen molar-refractivity contribution in [3.05, 3.63) is 54.1 Å². The third-order valence-corrected chi connectivity index (χ3v) is 4.25. The standard InChI is InChI=1S/C13H12BrO3P/c14-9-11-3-1-2-4-13(11)10-5-7-12(8-6-10)18(15,16)17/h1-8H,9H2,(H2,15,16,17). The van der Waals surface area contributed by atoms with Gasteiger partial charge in [-0.15, -0.1) is 0 Å². The number of hydrogen-bond acceptors (Lipinski definition) is 1. The Labute approximate surface area is 114 Å². The topological polar surface area (TPSA) is 57.5 Å². The monoisotopic (exact) mass is 326 g/mol. The van der Waals surface area contributed by atoms with Crippen LogP contribution in [0.2, 0.25) is 0 Å². The van der Waals surface area contributed by atoms with Crippen molar-refractivity contribution in [1.82, 2.24) is 0 Å². The van der Waals surface area contributed by atoms with Gasteiger partial charge in [0.2, 0.25) is 0 Å². The third-order valence-electron chi connectivity index (χ3n) is 2.68. The molecule has 0 saturated carbocycles. The first-order chi connectivity index (χ1) is 8.52. The highest BCUT2D eigenvalue weighted by molar-refractivity contribution is 9.08. The van der Waals surface area contributed by atoms with Gasteiger partial charge in [0.25, 0.3) is 0 Å². The number of halogens is 1. The van der Waals surface area contributed by atoms with Crippen LogP contribution < -0.4 is 5.30 Å².